The largest absolute Gasteiger partial charge is 0.497 e. The molecular formula is C33H34N2O3. The Morgan fingerprint density at radius 3 is 1.84 bits per heavy atom. The third-order valence-electron chi connectivity index (χ3n) is 6.55. The number of benzene rings is 4. The number of hydrogen-bond acceptors (Lipinski definition) is 3. The van der Waals surface area contributed by atoms with Crippen LogP contribution >= 0.6 is 0 Å². The molecule has 0 radical (unpaired) electrons. The highest BCUT2D eigenvalue weighted by molar-refractivity contribution is 5.98. The van der Waals surface area contributed by atoms with E-state index in [1.807, 2.05) is 84.9 Å². The van der Waals surface area contributed by atoms with Gasteiger partial charge in [-0.25, -0.2) is 0 Å². The van der Waals surface area contributed by atoms with Crippen LogP contribution in [-0.4, -0.2) is 23.8 Å². The van der Waals surface area contributed by atoms with Gasteiger partial charge in [-0.3, -0.25) is 9.59 Å². The van der Waals surface area contributed by atoms with Crippen molar-refractivity contribution < 1.29 is 14.3 Å². The lowest BCUT2D eigenvalue weighted by atomic mass is 9.97. The van der Waals surface area contributed by atoms with Crippen molar-refractivity contribution in [1.29, 1.82) is 0 Å². The minimum Gasteiger partial charge on any atom is -0.497 e. The molecule has 4 aromatic rings. The van der Waals surface area contributed by atoms with Crippen LogP contribution in [0, 0.1) is 0 Å². The number of nitrogens with zero attached hydrogens (tertiary/aromatic N) is 1. The first-order chi connectivity index (χ1) is 18.4. The number of hydrogen-bond donors (Lipinski definition) is 1. The Bertz CT molecular complexity index is 1320. The first-order valence-electron chi connectivity index (χ1n) is 12.9. The van der Waals surface area contributed by atoms with Crippen molar-refractivity contribution in [2.45, 2.75) is 38.8 Å². The Hall–Kier alpha value is -4.38. The molecule has 5 nitrogen and oxygen atoms in total. The maximum atomic E-state index is 13.9. The van der Waals surface area contributed by atoms with E-state index in [2.05, 4.69) is 19.2 Å². The van der Waals surface area contributed by atoms with E-state index in [9.17, 15) is 9.59 Å². The van der Waals surface area contributed by atoms with Gasteiger partial charge in [-0.2, -0.15) is 0 Å². The molecule has 0 saturated carbocycles. The smallest absolute Gasteiger partial charge is 0.251 e. The van der Waals surface area contributed by atoms with Gasteiger partial charge in [-0.05, 0) is 52.4 Å². The van der Waals surface area contributed by atoms with Gasteiger partial charge in [0.2, 0.25) is 5.91 Å². The van der Waals surface area contributed by atoms with E-state index in [4.69, 9.17) is 4.74 Å². The van der Waals surface area contributed by atoms with Crippen molar-refractivity contribution >= 4 is 17.5 Å². The average Bonchev–Trinajstić information content (AvgIpc) is 2.94. The minimum atomic E-state index is -0.824. The second-order valence-corrected chi connectivity index (χ2v) is 9.61. The van der Waals surface area contributed by atoms with E-state index in [-0.39, 0.29) is 18.2 Å². The number of anilines is 1. The van der Waals surface area contributed by atoms with Crippen molar-refractivity contribution in [2.24, 2.45) is 0 Å². The van der Waals surface area contributed by atoms with Gasteiger partial charge in [0.05, 0.1) is 13.5 Å². The molecule has 0 aromatic heterocycles. The van der Waals surface area contributed by atoms with E-state index < -0.39 is 6.04 Å². The third-order valence-corrected chi connectivity index (χ3v) is 6.55. The summed E-state index contributed by atoms with van der Waals surface area (Å²) in [5.74, 6) is 0.663. The van der Waals surface area contributed by atoms with E-state index in [0.29, 0.717) is 23.9 Å². The number of nitrogens with one attached hydrogen (secondary N) is 1. The topological polar surface area (TPSA) is 58.6 Å². The van der Waals surface area contributed by atoms with E-state index in [0.717, 1.165) is 16.7 Å². The predicted octanol–water partition coefficient (Wildman–Crippen LogP) is 6.77. The normalized spacial score (nSPS) is 11.6. The summed E-state index contributed by atoms with van der Waals surface area (Å²) in [5.41, 5.74) is 4.43. The Morgan fingerprint density at radius 1 is 0.737 bits per heavy atom. The molecule has 0 aliphatic carbocycles. The third kappa shape index (κ3) is 6.88. The number of rotatable bonds is 10. The first-order valence-corrected chi connectivity index (χ1v) is 12.9. The molecule has 1 unspecified atom stereocenters. The van der Waals surface area contributed by atoms with Gasteiger partial charge in [0.15, 0.2) is 0 Å². The maximum absolute atomic E-state index is 13.9. The lowest BCUT2D eigenvalue weighted by Crippen LogP contribution is -2.41. The lowest BCUT2D eigenvalue weighted by Gasteiger charge is -2.32. The zero-order valence-corrected chi connectivity index (χ0v) is 22.1. The van der Waals surface area contributed by atoms with Crippen molar-refractivity contribution in [3.05, 3.63) is 131 Å². The van der Waals surface area contributed by atoms with Gasteiger partial charge < -0.3 is 15.0 Å². The monoisotopic (exact) mass is 506 g/mol. The molecule has 0 saturated heterocycles. The van der Waals surface area contributed by atoms with Crippen molar-refractivity contribution in [2.75, 3.05) is 12.4 Å². The highest BCUT2D eigenvalue weighted by Crippen LogP contribution is 2.28. The van der Waals surface area contributed by atoms with Crippen LogP contribution in [0.5, 0.6) is 5.75 Å². The average molecular weight is 507 g/mol. The van der Waals surface area contributed by atoms with Gasteiger partial charge in [0.1, 0.15) is 11.8 Å². The van der Waals surface area contributed by atoms with Crippen molar-refractivity contribution in [3.63, 3.8) is 0 Å². The Labute approximate surface area is 225 Å². The van der Waals surface area contributed by atoms with Crippen LogP contribution in [0.4, 0.5) is 5.69 Å². The Morgan fingerprint density at radius 2 is 1.29 bits per heavy atom. The zero-order valence-electron chi connectivity index (χ0n) is 22.1. The summed E-state index contributed by atoms with van der Waals surface area (Å²) in [6, 6.07) is 33.8. The number of carbonyl (C=O) groups is 2. The van der Waals surface area contributed by atoms with Gasteiger partial charge in [0.25, 0.3) is 5.91 Å². The summed E-state index contributed by atoms with van der Waals surface area (Å²) in [6.07, 6.45) is 0.198. The van der Waals surface area contributed by atoms with E-state index >= 15 is 0 Å². The van der Waals surface area contributed by atoms with Crippen LogP contribution in [0.15, 0.2) is 109 Å². The fourth-order valence-electron chi connectivity index (χ4n) is 4.40. The molecule has 0 aliphatic rings. The molecule has 0 bridgehead atoms. The van der Waals surface area contributed by atoms with Gasteiger partial charge >= 0.3 is 0 Å². The fourth-order valence-corrected chi connectivity index (χ4v) is 4.40. The van der Waals surface area contributed by atoms with Crippen LogP contribution in [0.3, 0.4) is 0 Å². The Kier molecular flexibility index (Phi) is 8.94. The van der Waals surface area contributed by atoms with E-state index in [1.54, 1.807) is 36.3 Å². The maximum Gasteiger partial charge on any atom is 0.251 e. The Balaban J connectivity index is 1.73. The molecule has 0 aliphatic heterocycles. The van der Waals surface area contributed by atoms with Crippen molar-refractivity contribution in [1.82, 2.24) is 4.90 Å². The number of amides is 2. The summed E-state index contributed by atoms with van der Waals surface area (Å²) >= 11 is 0. The SMILES string of the molecule is COc1ccc(NC(=O)C(c2ccc(C(C)C)cc2)N(Cc2ccccc2)C(=O)Cc2ccccc2)cc1. The van der Waals surface area contributed by atoms with Crippen molar-refractivity contribution in [3.8, 4) is 5.75 Å². The van der Waals surface area contributed by atoms with Gasteiger partial charge in [-0.1, -0.05) is 98.8 Å². The predicted molar refractivity (Wildman–Crippen MR) is 152 cm³/mol. The van der Waals surface area contributed by atoms with Gasteiger partial charge in [-0.15, -0.1) is 0 Å². The molecule has 0 heterocycles. The summed E-state index contributed by atoms with van der Waals surface area (Å²) in [6.45, 7) is 4.57. The van der Waals surface area contributed by atoms with Crippen LogP contribution in [0.2, 0.25) is 0 Å². The molecule has 0 spiro atoms. The minimum absolute atomic E-state index is 0.122. The highest BCUT2D eigenvalue weighted by Gasteiger charge is 2.32. The van der Waals surface area contributed by atoms with Crippen LogP contribution in [-0.2, 0) is 22.6 Å². The van der Waals surface area contributed by atoms with Crippen LogP contribution < -0.4 is 10.1 Å². The second-order valence-electron chi connectivity index (χ2n) is 9.61. The summed E-state index contributed by atoms with van der Waals surface area (Å²) in [7, 11) is 1.60. The van der Waals surface area contributed by atoms with Gasteiger partial charge in [0, 0.05) is 12.2 Å². The lowest BCUT2D eigenvalue weighted by molar-refractivity contribution is -0.139. The molecule has 4 rings (SSSR count). The molecule has 194 valence electrons. The summed E-state index contributed by atoms with van der Waals surface area (Å²) in [5, 5.41) is 3.03. The number of ether oxygens (including phenoxy) is 1. The summed E-state index contributed by atoms with van der Waals surface area (Å²) < 4.78 is 5.25. The number of methoxy groups -OCH3 is 1. The standard InChI is InChI=1S/C33H34N2O3/c1-24(2)27-14-16-28(17-15-27)32(33(37)34-29-18-20-30(38-3)21-19-29)35(23-26-12-8-5-9-13-26)31(36)22-25-10-6-4-7-11-25/h4-21,24,32H,22-23H2,1-3H3,(H,34,37). The quantitative estimate of drug-likeness (QED) is 0.258. The molecule has 38 heavy (non-hydrogen) atoms. The molecule has 1 N–H and O–H groups in total. The molecule has 2 amide bonds. The number of carbonyl (C=O) groups excluding carboxylic acids is 2. The molecule has 1 atom stereocenters. The molecule has 5 heteroatoms. The zero-order chi connectivity index (χ0) is 26.9. The highest BCUT2D eigenvalue weighted by atomic mass is 16.5. The molecular weight excluding hydrogens is 472 g/mol. The molecule has 4 aromatic carbocycles. The van der Waals surface area contributed by atoms with Crippen LogP contribution in [0.25, 0.3) is 0 Å². The molecule has 0 fully saturated rings. The fraction of sp³-hybridized carbons (Fsp3) is 0.212. The van der Waals surface area contributed by atoms with E-state index in [1.165, 1.54) is 5.56 Å². The summed E-state index contributed by atoms with van der Waals surface area (Å²) in [4.78, 5) is 29.5. The first kappa shape index (κ1) is 26.7. The van der Waals surface area contributed by atoms with Crippen LogP contribution in [0.1, 0.15) is 48.1 Å². The second kappa shape index (κ2) is 12.7.